The fourth-order valence-corrected chi connectivity index (χ4v) is 1.15. The highest BCUT2D eigenvalue weighted by Crippen LogP contribution is 1.98. The van der Waals surface area contributed by atoms with Crippen LogP contribution in [0.4, 0.5) is 0 Å². The third-order valence-electron chi connectivity index (χ3n) is 1.64. The number of hydrogen-bond acceptors (Lipinski definition) is 4. The summed E-state index contributed by atoms with van der Waals surface area (Å²) in [7, 11) is 1.56. The summed E-state index contributed by atoms with van der Waals surface area (Å²) in [4.78, 5) is 17.5. The van der Waals surface area contributed by atoms with Crippen LogP contribution in [-0.2, 0) is 11.3 Å². The predicted octanol–water partition coefficient (Wildman–Crippen LogP) is -0.436. The zero-order valence-corrected chi connectivity index (χ0v) is 7.02. The van der Waals surface area contributed by atoms with Crippen LogP contribution in [-0.4, -0.2) is 26.7 Å². The van der Waals surface area contributed by atoms with Crippen molar-refractivity contribution in [2.24, 2.45) is 0 Å². The lowest BCUT2D eigenvalue weighted by Gasteiger charge is -2.00. The first-order chi connectivity index (χ1) is 6.31. The highest BCUT2D eigenvalue weighted by Gasteiger charge is 2.03. The van der Waals surface area contributed by atoms with Gasteiger partial charge in [0.05, 0.1) is 12.3 Å². The Morgan fingerprint density at radius 2 is 2.54 bits per heavy atom. The van der Waals surface area contributed by atoms with Crippen molar-refractivity contribution in [1.29, 1.82) is 0 Å². The molecule has 0 unspecified atom stereocenters. The molecule has 0 aliphatic heterocycles. The van der Waals surface area contributed by atoms with Crippen molar-refractivity contribution in [2.45, 2.75) is 6.61 Å². The number of rotatable bonds is 2. The summed E-state index contributed by atoms with van der Waals surface area (Å²) < 4.78 is 6.45. The standard InChI is InChI=1S/C7H8N4O2/c1-13-3-5-2-6(12)10-7-8-4-9-11(5)7/h2,4H,3H2,1H3,(H,8,9,10,12). The first-order valence-corrected chi connectivity index (χ1v) is 3.72. The summed E-state index contributed by atoms with van der Waals surface area (Å²) >= 11 is 0. The highest BCUT2D eigenvalue weighted by molar-refractivity contribution is 5.26. The molecule has 68 valence electrons. The Labute approximate surface area is 73.2 Å². The van der Waals surface area contributed by atoms with Crippen LogP contribution < -0.4 is 5.56 Å². The molecular formula is C7H8N4O2. The maximum atomic E-state index is 11.1. The molecule has 0 bridgehead atoms. The van der Waals surface area contributed by atoms with Gasteiger partial charge in [0.2, 0.25) is 5.78 Å². The second-order valence-corrected chi connectivity index (χ2v) is 2.55. The van der Waals surface area contributed by atoms with Crippen LogP contribution in [0.2, 0.25) is 0 Å². The van der Waals surface area contributed by atoms with Gasteiger partial charge in [-0.25, -0.2) is 4.52 Å². The van der Waals surface area contributed by atoms with Gasteiger partial charge in [-0.1, -0.05) is 0 Å². The van der Waals surface area contributed by atoms with E-state index in [1.807, 2.05) is 0 Å². The first kappa shape index (κ1) is 7.93. The molecule has 0 atom stereocenters. The van der Waals surface area contributed by atoms with Crippen LogP contribution in [0, 0.1) is 0 Å². The minimum Gasteiger partial charge on any atom is -0.378 e. The Bertz CT molecular complexity index is 473. The second-order valence-electron chi connectivity index (χ2n) is 2.55. The summed E-state index contributed by atoms with van der Waals surface area (Å²) in [6.45, 7) is 0.337. The van der Waals surface area contributed by atoms with Crippen molar-refractivity contribution in [3.63, 3.8) is 0 Å². The molecule has 0 amide bonds. The molecular weight excluding hydrogens is 172 g/mol. The molecule has 0 aliphatic rings. The van der Waals surface area contributed by atoms with Crippen molar-refractivity contribution in [3.05, 3.63) is 28.4 Å². The van der Waals surface area contributed by atoms with Gasteiger partial charge in [0.15, 0.2) is 0 Å². The lowest BCUT2D eigenvalue weighted by molar-refractivity contribution is 0.179. The number of methoxy groups -OCH3 is 1. The number of fused-ring (bicyclic) bond motifs is 1. The molecule has 6 heteroatoms. The van der Waals surface area contributed by atoms with Crippen LogP contribution in [0.15, 0.2) is 17.2 Å². The van der Waals surface area contributed by atoms with Crippen molar-refractivity contribution < 1.29 is 4.74 Å². The van der Waals surface area contributed by atoms with E-state index < -0.39 is 0 Å². The Morgan fingerprint density at radius 1 is 1.69 bits per heavy atom. The Hall–Kier alpha value is -1.69. The Morgan fingerprint density at radius 3 is 3.31 bits per heavy atom. The van der Waals surface area contributed by atoms with E-state index in [1.54, 1.807) is 7.11 Å². The first-order valence-electron chi connectivity index (χ1n) is 3.72. The maximum Gasteiger partial charge on any atom is 0.252 e. The minimum atomic E-state index is -0.201. The molecule has 0 aromatic carbocycles. The number of aromatic amines is 1. The zero-order valence-electron chi connectivity index (χ0n) is 7.02. The third-order valence-corrected chi connectivity index (χ3v) is 1.64. The van der Waals surface area contributed by atoms with Gasteiger partial charge in [-0.05, 0) is 0 Å². The fraction of sp³-hybridized carbons (Fsp3) is 0.286. The van der Waals surface area contributed by atoms with E-state index in [1.165, 1.54) is 16.9 Å². The van der Waals surface area contributed by atoms with Crippen molar-refractivity contribution >= 4 is 5.78 Å². The lowest BCUT2D eigenvalue weighted by Crippen LogP contribution is -2.12. The van der Waals surface area contributed by atoms with Gasteiger partial charge < -0.3 is 4.74 Å². The van der Waals surface area contributed by atoms with E-state index in [9.17, 15) is 4.79 Å². The summed E-state index contributed by atoms with van der Waals surface area (Å²) in [6.07, 6.45) is 1.38. The molecule has 1 N–H and O–H groups in total. The van der Waals surface area contributed by atoms with Crippen molar-refractivity contribution in [3.8, 4) is 0 Å². The van der Waals surface area contributed by atoms with Crippen LogP contribution in [0.25, 0.3) is 5.78 Å². The third kappa shape index (κ3) is 1.31. The van der Waals surface area contributed by atoms with E-state index in [0.717, 1.165) is 0 Å². The largest absolute Gasteiger partial charge is 0.378 e. The number of aromatic nitrogens is 4. The molecule has 0 aliphatic carbocycles. The average molecular weight is 180 g/mol. The molecule has 2 rings (SSSR count). The summed E-state index contributed by atoms with van der Waals surface area (Å²) in [5, 5.41) is 3.93. The van der Waals surface area contributed by atoms with Crippen LogP contribution in [0.1, 0.15) is 5.69 Å². The molecule has 13 heavy (non-hydrogen) atoms. The number of nitrogens with one attached hydrogen (secondary N) is 1. The maximum absolute atomic E-state index is 11.1. The number of H-pyrrole nitrogens is 1. The Kier molecular flexibility index (Phi) is 1.82. The van der Waals surface area contributed by atoms with Gasteiger partial charge in [0.1, 0.15) is 6.33 Å². The average Bonchev–Trinajstić information content (AvgIpc) is 2.52. The van der Waals surface area contributed by atoms with E-state index in [2.05, 4.69) is 15.1 Å². The fourth-order valence-electron chi connectivity index (χ4n) is 1.15. The van der Waals surface area contributed by atoms with E-state index in [-0.39, 0.29) is 5.56 Å². The predicted molar refractivity (Wildman–Crippen MR) is 44.3 cm³/mol. The molecule has 0 spiro atoms. The monoisotopic (exact) mass is 180 g/mol. The number of hydrogen-bond donors (Lipinski definition) is 1. The van der Waals surface area contributed by atoms with Crippen LogP contribution >= 0.6 is 0 Å². The number of nitrogens with zero attached hydrogens (tertiary/aromatic N) is 3. The van der Waals surface area contributed by atoms with Gasteiger partial charge in [-0.15, -0.1) is 0 Å². The van der Waals surface area contributed by atoms with Gasteiger partial charge in [-0.2, -0.15) is 10.1 Å². The lowest BCUT2D eigenvalue weighted by atomic mass is 10.4. The molecule has 0 saturated heterocycles. The van der Waals surface area contributed by atoms with E-state index in [0.29, 0.717) is 18.1 Å². The molecule has 2 aromatic heterocycles. The Balaban J connectivity index is 2.70. The molecule has 0 saturated carbocycles. The van der Waals surface area contributed by atoms with Crippen molar-refractivity contribution in [1.82, 2.24) is 19.6 Å². The number of ether oxygens (including phenoxy) is 1. The molecule has 2 aromatic rings. The van der Waals surface area contributed by atoms with Crippen LogP contribution in [0.5, 0.6) is 0 Å². The highest BCUT2D eigenvalue weighted by atomic mass is 16.5. The topological polar surface area (TPSA) is 72.3 Å². The summed E-state index contributed by atoms with van der Waals surface area (Å²) in [6, 6.07) is 1.44. The molecule has 0 fully saturated rings. The van der Waals surface area contributed by atoms with E-state index in [4.69, 9.17) is 4.74 Å². The zero-order chi connectivity index (χ0) is 9.26. The minimum absolute atomic E-state index is 0.201. The summed E-state index contributed by atoms with van der Waals surface area (Å²) in [5.41, 5.74) is 0.478. The van der Waals surface area contributed by atoms with Gasteiger partial charge >= 0.3 is 0 Å². The smallest absolute Gasteiger partial charge is 0.252 e. The van der Waals surface area contributed by atoms with E-state index >= 15 is 0 Å². The normalized spacial score (nSPS) is 10.8. The molecule has 0 radical (unpaired) electrons. The van der Waals surface area contributed by atoms with Crippen molar-refractivity contribution in [2.75, 3.05) is 7.11 Å². The van der Waals surface area contributed by atoms with Crippen LogP contribution in [0.3, 0.4) is 0 Å². The SMILES string of the molecule is COCc1cc(=O)[nH]c2ncnn12. The van der Waals surface area contributed by atoms with Gasteiger partial charge in [-0.3, -0.25) is 9.78 Å². The molecule has 6 nitrogen and oxygen atoms in total. The second kappa shape index (κ2) is 2.98. The molecule has 2 heterocycles. The summed E-state index contributed by atoms with van der Waals surface area (Å²) in [5.74, 6) is 0.430. The quantitative estimate of drug-likeness (QED) is 0.680. The van der Waals surface area contributed by atoms with Gasteiger partial charge in [0, 0.05) is 13.2 Å². The van der Waals surface area contributed by atoms with Gasteiger partial charge in [0.25, 0.3) is 5.56 Å².